The van der Waals surface area contributed by atoms with Gasteiger partial charge in [-0.15, -0.1) is 11.3 Å². The third kappa shape index (κ3) is 5.18. The molecule has 3 aromatic rings. The molecule has 33 heavy (non-hydrogen) atoms. The molecule has 1 amide bonds. The van der Waals surface area contributed by atoms with Crippen LogP contribution in [0.1, 0.15) is 19.3 Å². The molecule has 0 bridgehead atoms. The van der Waals surface area contributed by atoms with Crippen molar-refractivity contribution in [3.8, 4) is 11.1 Å². The molecule has 7 nitrogen and oxygen atoms in total. The molecule has 4 heterocycles. The highest BCUT2D eigenvalue weighted by Gasteiger charge is 2.26. The van der Waals surface area contributed by atoms with Gasteiger partial charge in [0.1, 0.15) is 4.83 Å². The third-order valence-corrected chi connectivity index (χ3v) is 7.77. The van der Waals surface area contributed by atoms with Crippen LogP contribution in [-0.2, 0) is 9.53 Å². The highest BCUT2D eigenvalue weighted by molar-refractivity contribution is 7.17. The molecule has 2 fully saturated rings. The average molecular weight is 466 g/mol. The first-order valence-electron chi connectivity index (χ1n) is 11.8. The molecule has 2 N–H and O–H groups in total. The Morgan fingerprint density at radius 3 is 2.73 bits per heavy atom. The highest BCUT2D eigenvalue weighted by Crippen LogP contribution is 2.33. The molecule has 5 rings (SSSR count). The number of hydrogen-bond acceptors (Lipinski definition) is 7. The number of aromatic nitrogens is 2. The van der Waals surface area contributed by atoms with Gasteiger partial charge in [-0.1, -0.05) is 30.3 Å². The number of amides is 1. The van der Waals surface area contributed by atoms with Crippen molar-refractivity contribution < 1.29 is 9.53 Å². The van der Waals surface area contributed by atoms with Crippen LogP contribution in [0.2, 0.25) is 0 Å². The van der Waals surface area contributed by atoms with Crippen LogP contribution in [0.3, 0.4) is 0 Å². The molecule has 174 valence electrons. The summed E-state index contributed by atoms with van der Waals surface area (Å²) >= 11 is 1.69. The summed E-state index contributed by atoms with van der Waals surface area (Å²) in [7, 11) is 0. The fourth-order valence-corrected chi connectivity index (χ4v) is 5.73. The van der Waals surface area contributed by atoms with Crippen molar-refractivity contribution in [1.82, 2.24) is 14.9 Å². The van der Waals surface area contributed by atoms with Crippen LogP contribution < -0.4 is 10.6 Å². The summed E-state index contributed by atoms with van der Waals surface area (Å²) in [5, 5.41) is 3.30. The summed E-state index contributed by atoms with van der Waals surface area (Å²) in [6, 6.07) is 10.4. The molecule has 2 aliphatic rings. The van der Waals surface area contributed by atoms with E-state index in [1.807, 2.05) is 12.3 Å². The van der Waals surface area contributed by atoms with E-state index in [-0.39, 0.29) is 11.8 Å². The highest BCUT2D eigenvalue weighted by atomic mass is 32.1. The van der Waals surface area contributed by atoms with Crippen molar-refractivity contribution in [3.05, 3.63) is 41.9 Å². The second-order valence-corrected chi connectivity index (χ2v) is 9.96. The standard InChI is InChI=1S/C25H31N5O2S/c26-23(31)20-8-9-29(15-20)12-13-32-16-18-6-10-30(11-7-18)25-27-14-21-22(17-33-24(21)28-25)19-4-2-1-3-5-19/h1-5,14,17-18,20H,6-13,15-16H2,(H2,26,31). The number of nitrogens with zero attached hydrogens (tertiary/aromatic N) is 4. The average Bonchev–Trinajstić information content (AvgIpc) is 3.50. The molecule has 1 atom stereocenters. The van der Waals surface area contributed by atoms with Crippen LogP contribution in [0.4, 0.5) is 5.95 Å². The Morgan fingerprint density at radius 1 is 1.15 bits per heavy atom. The molecule has 0 spiro atoms. The van der Waals surface area contributed by atoms with Crippen molar-refractivity contribution in [3.63, 3.8) is 0 Å². The Kier molecular flexibility index (Phi) is 6.85. The molecule has 0 saturated carbocycles. The number of thiophene rings is 1. The van der Waals surface area contributed by atoms with Gasteiger partial charge < -0.3 is 20.3 Å². The monoisotopic (exact) mass is 465 g/mol. The van der Waals surface area contributed by atoms with E-state index < -0.39 is 0 Å². The quantitative estimate of drug-likeness (QED) is 0.514. The number of anilines is 1. The lowest BCUT2D eigenvalue weighted by atomic mass is 9.98. The normalized spacial score (nSPS) is 20.0. The number of fused-ring (bicyclic) bond motifs is 1. The van der Waals surface area contributed by atoms with Crippen molar-refractivity contribution in [2.24, 2.45) is 17.6 Å². The minimum Gasteiger partial charge on any atom is -0.380 e. The summed E-state index contributed by atoms with van der Waals surface area (Å²) in [5.74, 6) is 1.24. The van der Waals surface area contributed by atoms with E-state index in [0.717, 1.165) is 74.8 Å². The van der Waals surface area contributed by atoms with Crippen LogP contribution in [-0.4, -0.2) is 66.7 Å². The first kappa shape index (κ1) is 22.3. The molecular weight excluding hydrogens is 434 g/mol. The zero-order chi connectivity index (χ0) is 22.6. The lowest BCUT2D eigenvalue weighted by Crippen LogP contribution is -2.36. The summed E-state index contributed by atoms with van der Waals surface area (Å²) < 4.78 is 5.97. The fourth-order valence-electron chi connectivity index (χ4n) is 4.82. The number of hydrogen-bond donors (Lipinski definition) is 1. The molecule has 8 heteroatoms. The van der Waals surface area contributed by atoms with Crippen LogP contribution in [0.15, 0.2) is 41.9 Å². The molecule has 2 aromatic heterocycles. The predicted molar refractivity (Wildman–Crippen MR) is 132 cm³/mol. The fraction of sp³-hybridized carbons (Fsp3) is 0.480. The van der Waals surface area contributed by atoms with Crippen LogP contribution in [0.5, 0.6) is 0 Å². The summed E-state index contributed by atoms with van der Waals surface area (Å²) in [6.07, 6.45) is 5.04. The molecule has 1 unspecified atom stereocenters. The van der Waals surface area contributed by atoms with E-state index in [1.165, 1.54) is 11.1 Å². The number of nitrogens with two attached hydrogens (primary N) is 1. The van der Waals surface area contributed by atoms with Gasteiger partial charge in [-0.05, 0) is 37.3 Å². The summed E-state index contributed by atoms with van der Waals surface area (Å²) in [4.78, 5) is 26.5. The van der Waals surface area contributed by atoms with Crippen molar-refractivity contribution in [2.45, 2.75) is 19.3 Å². The van der Waals surface area contributed by atoms with Crippen molar-refractivity contribution >= 4 is 33.4 Å². The number of piperidine rings is 1. The molecule has 0 radical (unpaired) electrons. The van der Waals surface area contributed by atoms with E-state index in [0.29, 0.717) is 12.5 Å². The van der Waals surface area contributed by atoms with Gasteiger partial charge in [0.05, 0.1) is 12.5 Å². The Bertz CT molecular complexity index is 1080. The van der Waals surface area contributed by atoms with E-state index in [2.05, 4.69) is 39.4 Å². The second kappa shape index (κ2) is 10.2. The zero-order valence-corrected chi connectivity index (χ0v) is 19.7. The number of primary amides is 1. The zero-order valence-electron chi connectivity index (χ0n) is 18.9. The minimum atomic E-state index is -0.177. The topological polar surface area (TPSA) is 84.6 Å². The van der Waals surface area contributed by atoms with E-state index in [1.54, 1.807) is 11.3 Å². The smallest absolute Gasteiger partial charge is 0.226 e. The first-order chi connectivity index (χ1) is 16.2. The predicted octanol–water partition coefficient (Wildman–Crippen LogP) is 3.40. The number of benzene rings is 1. The van der Waals surface area contributed by atoms with Gasteiger partial charge in [-0.3, -0.25) is 4.79 Å². The number of carbonyl (C=O) groups is 1. The lowest BCUT2D eigenvalue weighted by Gasteiger charge is -2.32. The van der Waals surface area contributed by atoms with Crippen LogP contribution >= 0.6 is 11.3 Å². The summed E-state index contributed by atoms with van der Waals surface area (Å²) in [5.41, 5.74) is 7.82. The maximum atomic E-state index is 11.3. The van der Waals surface area contributed by atoms with Gasteiger partial charge >= 0.3 is 0 Å². The van der Waals surface area contributed by atoms with Gasteiger partial charge in [0.15, 0.2) is 0 Å². The Labute approximate surface area is 198 Å². The SMILES string of the molecule is NC(=O)C1CCN(CCOCC2CCN(c3ncc4c(-c5ccccc5)csc4n3)CC2)C1. The van der Waals surface area contributed by atoms with Gasteiger partial charge in [-0.25, -0.2) is 9.97 Å². The van der Waals surface area contributed by atoms with Crippen molar-refractivity contribution in [2.75, 3.05) is 50.8 Å². The molecule has 2 aliphatic heterocycles. The van der Waals surface area contributed by atoms with Gasteiger partial charge in [0.2, 0.25) is 11.9 Å². The Hall–Kier alpha value is -2.55. The van der Waals surface area contributed by atoms with Crippen molar-refractivity contribution in [1.29, 1.82) is 0 Å². The van der Waals surface area contributed by atoms with E-state index >= 15 is 0 Å². The van der Waals surface area contributed by atoms with Gasteiger partial charge in [0.25, 0.3) is 0 Å². The number of carbonyl (C=O) groups excluding carboxylic acids is 1. The maximum absolute atomic E-state index is 11.3. The van der Waals surface area contributed by atoms with Crippen LogP contribution in [0.25, 0.3) is 21.3 Å². The van der Waals surface area contributed by atoms with E-state index in [4.69, 9.17) is 20.4 Å². The number of rotatable bonds is 8. The largest absolute Gasteiger partial charge is 0.380 e. The minimum absolute atomic E-state index is 0.00914. The number of likely N-dealkylation sites (tertiary alicyclic amines) is 1. The molecule has 1 aromatic carbocycles. The summed E-state index contributed by atoms with van der Waals surface area (Å²) in [6.45, 7) is 6.03. The Morgan fingerprint density at radius 2 is 1.97 bits per heavy atom. The van der Waals surface area contributed by atoms with E-state index in [9.17, 15) is 4.79 Å². The molecule has 2 saturated heterocycles. The second-order valence-electron chi connectivity index (χ2n) is 9.10. The van der Waals surface area contributed by atoms with Crippen LogP contribution in [0, 0.1) is 11.8 Å². The van der Waals surface area contributed by atoms with Gasteiger partial charge in [0, 0.05) is 55.3 Å². The first-order valence-corrected chi connectivity index (χ1v) is 12.7. The molecule has 0 aliphatic carbocycles. The molecular formula is C25H31N5O2S. The Balaban J connectivity index is 1.08. The van der Waals surface area contributed by atoms with Gasteiger partial charge in [-0.2, -0.15) is 0 Å². The third-order valence-electron chi connectivity index (χ3n) is 6.88. The maximum Gasteiger partial charge on any atom is 0.226 e. The number of ether oxygens (including phenoxy) is 1. The lowest BCUT2D eigenvalue weighted by molar-refractivity contribution is -0.121.